The first kappa shape index (κ1) is 18.5. The third-order valence-electron chi connectivity index (χ3n) is 5.09. The summed E-state index contributed by atoms with van der Waals surface area (Å²) in [5.74, 6) is -0.650. The average molecular weight is 356 g/mol. The van der Waals surface area contributed by atoms with E-state index in [0.29, 0.717) is 25.2 Å². The minimum absolute atomic E-state index is 0.106. The molecule has 0 amide bonds. The van der Waals surface area contributed by atoms with Gasteiger partial charge in [-0.05, 0) is 46.9 Å². The summed E-state index contributed by atoms with van der Waals surface area (Å²) < 4.78 is 26.1. The van der Waals surface area contributed by atoms with E-state index in [9.17, 15) is 0 Å². The van der Waals surface area contributed by atoms with Crippen LogP contribution in [0, 0.1) is 12.5 Å². The number of rotatable bonds is 8. The van der Waals surface area contributed by atoms with Crippen molar-refractivity contribution in [3.05, 3.63) is 11.4 Å². The highest BCUT2D eigenvalue weighted by Crippen LogP contribution is 2.58. The Morgan fingerprint density at radius 2 is 2.00 bits per heavy atom. The van der Waals surface area contributed by atoms with E-state index in [1.54, 1.807) is 0 Å². The van der Waals surface area contributed by atoms with Crippen LogP contribution in [-0.4, -0.2) is 58.9 Å². The second kappa shape index (κ2) is 7.98. The molecule has 2 fully saturated rings. The molecule has 2 heterocycles. The Labute approximate surface area is 150 Å². The van der Waals surface area contributed by atoms with Crippen molar-refractivity contribution in [3.8, 4) is 0 Å². The fraction of sp³-hybridized carbons (Fsp3) is 0.944. The first-order valence-corrected chi connectivity index (χ1v) is 10.2. The molecule has 2 bridgehead atoms. The topological polar surface area (TPSA) is 29.3 Å². The van der Waals surface area contributed by atoms with Crippen LogP contribution in [0.3, 0.4) is 0 Å². The van der Waals surface area contributed by atoms with E-state index < -0.39 is 19.9 Å². The van der Waals surface area contributed by atoms with Gasteiger partial charge in [-0.1, -0.05) is 13.8 Å². The van der Waals surface area contributed by atoms with E-state index in [2.05, 4.69) is 48.8 Å². The lowest BCUT2D eigenvalue weighted by Crippen LogP contribution is -2.49. The van der Waals surface area contributed by atoms with Gasteiger partial charge in [-0.25, -0.2) is 15.9 Å². The average Bonchev–Trinajstić information content (AvgIpc) is 3.01. The van der Waals surface area contributed by atoms with Gasteiger partial charge in [0.2, 0.25) is 6.54 Å². The Hall–Kier alpha value is -0.240. The van der Waals surface area contributed by atoms with Gasteiger partial charge >= 0.3 is 0 Å². The standard InChI is InChI=1S/C18H34N3O2P/c1-13(2)18-11-17(16(7)23-18)20(12-18)24(22-10-9-19-8)21(14(3)4)15(5)6/h13-17H,9-12H2,1-7H3/t16-,17-,18?,24?/m0/s1/i13D. The fourth-order valence-electron chi connectivity index (χ4n) is 3.92. The first-order valence-electron chi connectivity index (χ1n) is 9.53. The predicted octanol–water partition coefficient (Wildman–Crippen LogP) is 4.16. The molecule has 0 aliphatic carbocycles. The lowest BCUT2D eigenvalue weighted by atomic mass is 9.89. The van der Waals surface area contributed by atoms with Crippen LogP contribution in [0.2, 0.25) is 0 Å². The van der Waals surface area contributed by atoms with Crippen molar-refractivity contribution in [2.24, 2.45) is 5.89 Å². The van der Waals surface area contributed by atoms with Gasteiger partial charge in [-0.2, -0.15) is 0 Å². The van der Waals surface area contributed by atoms with Gasteiger partial charge in [0.25, 0.3) is 0 Å². The quantitative estimate of drug-likeness (QED) is 0.371. The van der Waals surface area contributed by atoms with Gasteiger partial charge < -0.3 is 14.1 Å². The van der Waals surface area contributed by atoms with Gasteiger partial charge in [0.05, 0.1) is 11.7 Å². The molecule has 0 radical (unpaired) electrons. The van der Waals surface area contributed by atoms with Crippen LogP contribution in [0.15, 0.2) is 0 Å². The molecule has 0 saturated carbocycles. The summed E-state index contributed by atoms with van der Waals surface area (Å²) in [7, 11) is -0.976. The molecule has 2 aliphatic rings. The van der Waals surface area contributed by atoms with E-state index in [1.807, 2.05) is 13.8 Å². The molecule has 0 N–H and O–H groups in total. The Morgan fingerprint density at radius 1 is 1.38 bits per heavy atom. The Kier molecular flexibility index (Phi) is 6.16. The zero-order chi connectivity index (χ0) is 19.0. The van der Waals surface area contributed by atoms with Crippen LogP contribution in [0.1, 0.15) is 56.3 Å². The smallest absolute Gasteiger partial charge is 0.238 e. The molecule has 2 rings (SSSR count). The van der Waals surface area contributed by atoms with Crippen molar-refractivity contribution >= 4 is 8.45 Å². The molecule has 4 atom stereocenters. The second-order valence-electron chi connectivity index (χ2n) is 7.72. The number of hydrogen-bond donors (Lipinski definition) is 0. The van der Waals surface area contributed by atoms with Gasteiger partial charge in [-0.15, -0.1) is 0 Å². The monoisotopic (exact) mass is 356 g/mol. The highest BCUT2D eigenvalue weighted by Gasteiger charge is 2.58. The van der Waals surface area contributed by atoms with Crippen molar-refractivity contribution in [3.63, 3.8) is 0 Å². The fourth-order valence-corrected chi connectivity index (χ4v) is 6.37. The molecule has 24 heavy (non-hydrogen) atoms. The van der Waals surface area contributed by atoms with Gasteiger partial charge in [-0.3, -0.25) is 0 Å². The Balaban J connectivity index is 2.30. The van der Waals surface area contributed by atoms with E-state index in [4.69, 9.17) is 17.2 Å². The Morgan fingerprint density at radius 3 is 2.46 bits per heavy atom. The largest absolute Gasteiger partial charge is 0.369 e. The lowest BCUT2D eigenvalue weighted by molar-refractivity contribution is -0.0972. The summed E-state index contributed by atoms with van der Waals surface area (Å²) in [6.07, 6.45) is 0.994. The number of ether oxygens (including phenoxy) is 1. The number of hydrogen-bond acceptors (Lipinski definition) is 4. The maximum Gasteiger partial charge on any atom is 0.238 e. The molecule has 2 aliphatic heterocycles. The van der Waals surface area contributed by atoms with Crippen molar-refractivity contribution in [2.75, 3.05) is 19.7 Å². The van der Waals surface area contributed by atoms with Gasteiger partial charge in [0.1, 0.15) is 6.61 Å². The molecule has 2 saturated heterocycles. The van der Waals surface area contributed by atoms with E-state index in [0.717, 1.165) is 13.0 Å². The summed E-state index contributed by atoms with van der Waals surface area (Å²) >= 11 is 0. The third-order valence-corrected chi connectivity index (χ3v) is 7.70. The summed E-state index contributed by atoms with van der Waals surface area (Å²) in [6, 6.07) is 0.993. The maximum atomic E-state index is 8.63. The number of morpholine rings is 1. The van der Waals surface area contributed by atoms with Gasteiger partial charge in [0.15, 0.2) is 8.45 Å². The minimum atomic E-state index is -0.976. The van der Waals surface area contributed by atoms with E-state index >= 15 is 0 Å². The first-order chi connectivity index (χ1) is 11.5. The van der Waals surface area contributed by atoms with Crippen LogP contribution in [0.5, 0.6) is 0 Å². The third kappa shape index (κ3) is 3.79. The lowest BCUT2D eigenvalue weighted by Gasteiger charge is -2.46. The second-order valence-corrected chi connectivity index (χ2v) is 9.46. The summed E-state index contributed by atoms with van der Waals surface area (Å²) in [6.45, 7) is 23.5. The SMILES string of the molecule is [2H]C(C)(C)C12C[C@@H]([C@H](C)O1)N(P(OCC[N+]#[C-])N(C(C)C)C(C)C)C2. The molecule has 0 aromatic rings. The molecule has 0 spiro atoms. The highest BCUT2D eigenvalue weighted by atomic mass is 31.2. The van der Waals surface area contributed by atoms with E-state index in [-0.39, 0.29) is 12.1 Å². The predicted molar refractivity (Wildman–Crippen MR) is 99.7 cm³/mol. The molecule has 0 aromatic carbocycles. The highest BCUT2D eigenvalue weighted by molar-refractivity contribution is 7.47. The van der Waals surface area contributed by atoms with Crippen molar-refractivity contribution < 1.29 is 10.6 Å². The van der Waals surface area contributed by atoms with Crippen molar-refractivity contribution in [1.29, 1.82) is 0 Å². The molecule has 0 aromatic heterocycles. The summed E-state index contributed by atoms with van der Waals surface area (Å²) in [5.41, 5.74) is -0.430. The molecular formula is C18H34N3O2P. The minimum Gasteiger partial charge on any atom is -0.369 e. The van der Waals surface area contributed by atoms with Crippen LogP contribution in [0.4, 0.5) is 0 Å². The Bertz CT molecular complexity index is 498. The molecule has 2 unspecified atom stereocenters. The van der Waals surface area contributed by atoms with Crippen molar-refractivity contribution in [2.45, 2.75) is 84.7 Å². The van der Waals surface area contributed by atoms with Crippen LogP contribution in [0.25, 0.3) is 4.85 Å². The normalized spacial score (nSPS) is 32.6. The maximum absolute atomic E-state index is 8.63. The zero-order valence-corrected chi connectivity index (χ0v) is 17.1. The van der Waals surface area contributed by atoms with Crippen LogP contribution in [-0.2, 0) is 9.26 Å². The summed E-state index contributed by atoms with van der Waals surface area (Å²) in [4.78, 5) is 3.44. The van der Waals surface area contributed by atoms with Gasteiger partial charge in [0, 0.05) is 26.0 Å². The van der Waals surface area contributed by atoms with Crippen molar-refractivity contribution in [1.82, 2.24) is 9.34 Å². The van der Waals surface area contributed by atoms with Crippen LogP contribution >= 0.6 is 8.45 Å². The van der Waals surface area contributed by atoms with E-state index in [1.165, 1.54) is 0 Å². The van der Waals surface area contributed by atoms with Crippen LogP contribution < -0.4 is 0 Å². The number of fused-ring (bicyclic) bond motifs is 2. The molecule has 138 valence electrons. The summed E-state index contributed by atoms with van der Waals surface area (Å²) in [5, 5.41) is 0. The molecular weight excluding hydrogens is 321 g/mol. The zero-order valence-electron chi connectivity index (χ0n) is 17.2. The molecule has 5 nitrogen and oxygen atoms in total. The molecule has 6 heteroatoms. The number of nitrogens with zero attached hydrogens (tertiary/aromatic N) is 3.